The van der Waals surface area contributed by atoms with Gasteiger partial charge in [0.1, 0.15) is 0 Å². The van der Waals surface area contributed by atoms with Gasteiger partial charge in [0.2, 0.25) is 5.91 Å². The first-order chi connectivity index (χ1) is 11.0. The summed E-state index contributed by atoms with van der Waals surface area (Å²) >= 11 is 12.2. The number of benzene rings is 1. The lowest BCUT2D eigenvalue weighted by atomic mass is 9.94. The quantitative estimate of drug-likeness (QED) is 0.773. The largest absolute Gasteiger partial charge is 0.339 e. The number of halogens is 2. The van der Waals surface area contributed by atoms with Gasteiger partial charge < -0.3 is 9.47 Å². The summed E-state index contributed by atoms with van der Waals surface area (Å²) in [6.45, 7) is 4.98. The fourth-order valence-electron chi connectivity index (χ4n) is 2.98. The highest BCUT2D eigenvalue weighted by atomic mass is 35.5. The number of ketones is 1. The van der Waals surface area contributed by atoms with Crippen LogP contribution in [0.4, 0.5) is 0 Å². The Kier molecular flexibility index (Phi) is 4.46. The number of carbonyl (C=O) groups excluding carboxylic acids is 2. The van der Waals surface area contributed by atoms with Gasteiger partial charge in [-0.25, -0.2) is 0 Å². The van der Waals surface area contributed by atoms with Crippen LogP contribution < -0.4 is 0 Å². The standard InChI is InChI=1S/C17H16Cl2N2O2/c1-2-16(23)21-8-11(9-21)5-14(22)10-20-4-3-12-6-13(18)7-15(19)17(12)20/h2-4,6-7,11H,1,5,8-10H2. The maximum Gasteiger partial charge on any atom is 0.245 e. The number of nitrogens with zero attached hydrogens (tertiary/aromatic N) is 2. The minimum atomic E-state index is -0.0752. The Labute approximate surface area is 144 Å². The van der Waals surface area contributed by atoms with Crippen molar-refractivity contribution in [3.8, 4) is 0 Å². The molecule has 4 nitrogen and oxygen atoms in total. The van der Waals surface area contributed by atoms with Crippen molar-refractivity contribution in [1.29, 1.82) is 0 Å². The molecule has 1 aromatic carbocycles. The number of rotatable bonds is 5. The lowest BCUT2D eigenvalue weighted by Gasteiger charge is -2.38. The molecule has 1 aliphatic rings. The van der Waals surface area contributed by atoms with Crippen LogP contribution in [0, 0.1) is 5.92 Å². The van der Waals surface area contributed by atoms with Crippen molar-refractivity contribution in [2.24, 2.45) is 5.92 Å². The van der Waals surface area contributed by atoms with Gasteiger partial charge in [0, 0.05) is 42.0 Å². The minimum absolute atomic E-state index is 0.0752. The van der Waals surface area contributed by atoms with Crippen molar-refractivity contribution < 1.29 is 9.59 Å². The Morgan fingerprint density at radius 1 is 1.30 bits per heavy atom. The second-order valence-electron chi connectivity index (χ2n) is 5.83. The Balaban J connectivity index is 1.63. The van der Waals surface area contributed by atoms with Gasteiger partial charge in [-0.2, -0.15) is 0 Å². The van der Waals surface area contributed by atoms with E-state index in [2.05, 4.69) is 6.58 Å². The summed E-state index contributed by atoms with van der Waals surface area (Å²) in [6.07, 6.45) is 3.61. The molecule has 1 aliphatic heterocycles. The number of aromatic nitrogens is 1. The van der Waals surface area contributed by atoms with E-state index in [4.69, 9.17) is 23.2 Å². The lowest BCUT2D eigenvalue weighted by molar-refractivity contribution is -0.134. The molecule has 2 heterocycles. The van der Waals surface area contributed by atoms with Crippen LogP contribution >= 0.6 is 23.2 Å². The first kappa shape index (κ1) is 16.1. The maximum atomic E-state index is 12.3. The molecule has 23 heavy (non-hydrogen) atoms. The molecular formula is C17H16Cl2N2O2. The van der Waals surface area contributed by atoms with Gasteiger partial charge in [0.25, 0.3) is 0 Å². The molecule has 0 saturated carbocycles. The minimum Gasteiger partial charge on any atom is -0.339 e. The number of carbonyl (C=O) groups is 2. The van der Waals surface area contributed by atoms with E-state index in [0.717, 1.165) is 10.9 Å². The molecule has 0 spiro atoms. The van der Waals surface area contributed by atoms with Gasteiger partial charge in [-0.05, 0) is 24.3 Å². The van der Waals surface area contributed by atoms with Gasteiger partial charge >= 0.3 is 0 Å². The molecule has 1 amide bonds. The third-order valence-corrected chi connectivity index (χ3v) is 4.59. The van der Waals surface area contributed by atoms with Crippen LogP contribution in [0.3, 0.4) is 0 Å². The predicted octanol–water partition coefficient (Wildman–Crippen LogP) is 3.55. The van der Waals surface area contributed by atoms with Crippen LogP contribution in [0.5, 0.6) is 0 Å². The Hall–Kier alpha value is -1.78. The smallest absolute Gasteiger partial charge is 0.245 e. The second kappa shape index (κ2) is 6.38. The number of fused-ring (bicyclic) bond motifs is 1. The SMILES string of the molecule is C=CC(=O)N1CC(CC(=O)Cn2ccc3cc(Cl)cc(Cl)c32)C1. The van der Waals surface area contributed by atoms with E-state index < -0.39 is 0 Å². The van der Waals surface area contributed by atoms with Crippen LogP contribution in [0.25, 0.3) is 10.9 Å². The molecule has 0 bridgehead atoms. The summed E-state index contributed by atoms with van der Waals surface area (Å²) in [5.41, 5.74) is 0.821. The van der Waals surface area contributed by atoms with Gasteiger partial charge in [0.15, 0.2) is 5.78 Å². The van der Waals surface area contributed by atoms with Crippen molar-refractivity contribution in [2.45, 2.75) is 13.0 Å². The zero-order valence-electron chi connectivity index (χ0n) is 12.5. The van der Waals surface area contributed by atoms with Crippen molar-refractivity contribution in [2.75, 3.05) is 13.1 Å². The third-order valence-electron chi connectivity index (χ3n) is 4.09. The van der Waals surface area contributed by atoms with E-state index in [0.29, 0.717) is 29.6 Å². The molecule has 1 saturated heterocycles. The predicted molar refractivity (Wildman–Crippen MR) is 91.8 cm³/mol. The monoisotopic (exact) mass is 350 g/mol. The Morgan fingerprint density at radius 2 is 2.04 bits per heavy atom. The number of amides is 1. The topological polar surface area (TPSA) is 42.3 Å². The van der Waals surface area contributed by atoms with Gasteiger partial charge in [-0.1, -0.05) is 29.8 Å². The molecule has 1 fully saturated rings. The zero-order chi connectivity index (χ0) is 16.6. The van der Waals surface area contributed by atoms with E-state index in [9.17, 15) is 9.59 Å². The average molecular weight is 351 g/mol. The highest BCUT2D eigenvalue weighted by molar-refractivity contribution is 6.38. The highest BCUT2D eigenvalue weighted by Crippen LogP contribution is 2.29. The highest BCUT2D eigenvalue weighted by Gasteiger charge is 2.30. The van der Waals surface area contributed by atoms with Gasteiger partial charge in [-0.3, -0.25) is 9.59 Å². The number of likely N-dealkylation sites (tertiary alicyclic amines) is 1. The first-order valence-electron chi connectivity index (χ1n) is 7.35. The van der Waals surface area contributed by atoms with Gasteiger partial charge in [0.05, 0.1) is 17.1 Å². The average Bonchev–Trinajstić information content (AvgIpc) is 2.84. The molecule has 0 unspecified atom stereocenters. The summed E-state index contributed by atoms with van der Waals surface area (Å²) in [6, 6.07) is 5.40. The molecular weight excluding hydrogens is 335 g/mol. The van der Waals surface area contributed by atoms with Crippen LogP contribution in [0.15, 0.2) is 37.1 Å². The molecule has 1 aromatic heterocycles. The van der Waals surface area contributed by atoms with E-state index in [1.807, 2.05) is 22.9 Å². The number of hydrogen-bond acceptors (Lipinski definition) is 2. The van der Waals surface area contributed by atoms with E-state index in [1.165, 1.54) is 6.08 Å². The lowest BCUT2D eigenvalue weighted by Crippen LogP contribution is -2.50. The van der Waals surface area contributed by atoms with E-state index in [-0.39, 0.29) is 24.2 Å². The zero-order valence-corrected chi connectivity index (χ0v) is 14.0. The fraction of sp³-hybridized carbons (Fsp3) is 0.294. The first-order valence-corrected chi connectivity index (χ1v) is 8.10. The Morgan fingerprint density at radius 3 is 2.74 bits per heavy atom. The number of hydrogen-bond donors (Lipinski definition) is 0. The fourth-order valence-corrected chi connectivity index (χ4v) is 3.59. The summed E-state index contributed by atoms with van der Waals surface area (Å²) in [7, 11) is 0. The molecule has 120 valence electrons. The second-order valence-corrected chi connectivity index (χ2v) is 6.67. The van der Waals surface area contributed by atoms with E-state index >= 15 is 0 Å². The summed E-state index contributed by atoms with van der Waals surface area (Å²) in [5, 5.41) is 2.03. The maximum absolute atomic E-state index is 12.3. The van der Waals surface area contributed by atoms with Crippen molar-refractivity contribution in [1.82, 2.24) is 9.47 Å². The summed E-state index contributed by atoms with van der Waals surface area (Å²) in [4.78, 5) is 25.3. The molecule has 3 rings (SSSR count). The van der Waals surface area contributed by atoms with Crippen molar-refractivity contribution in [3.63, 3.8) is 0 Å². The van der Waals surface area contributed by atoms with Crippen LogP contribution in [-0.4, -0.2) is 34.2 Å². The molecule has 0 aliphatic carbocycles. The summed E-state index contributed by atoms with van der Waals surface area (Å²) in [5.74, 6) is 0.288. The molecule has 0 atom stereocenters. The summed E-state index contributed by atoms with van der Waals surface area (Å²) < 4.78 is 1.85. The van der Waals surface area contributed by atoms with Gasteiger partial charge in [-0.15, -0.1) is 0 Å². The molecule has 0 N–H and O–H groups in total. The third kappa shape index (κ3) is 3.28. The van der Waals surface area contributed by atoms with Crippen LogP contribution in [-0.2, 0) is 16.1 Å². The van der Waals surface area contributed by atoms with Crippen LogP contribution in [0.1, 0.15) is 6.42 Å². The number of Topliss-reactive ketones (excluding diaryl/α,β-unsaturated/α-hetero) is 1. The van der Waals surface area contributed by atoms with Crippen molar-refractivity contribution in [3.05, 3.63) is 47.1 Å². The molecule has 6 heteroatoms. The molecule has 0 radical (unpaired) electrons. The normalized spacial score (nSPS) is 14.8. The van der Waals surface area contributed by atoms with E-state index in [1.54, 1.807) is 11.0 Å². The van der Waals surface area contributed by atoms with Crippen LogP contribution in [0.2, 0.25) is 10.0 Å². The van der Waals surface area contributed by atoms with Crippen molar-refractivity contribution >= 4 is 45.8 Å². The Bertz CT molecular complexity index is 791. The molecule has 2 aromatic rings.